The third-order valence-electron chi connectivity index (χ3n) is 3.28. The molecule has 1 aliphatic rings. The van der Waals surface area contributed by atoms with Gasteiger partial charge >= 0.3 is 5.97 Å². The number of hydrogen-bond acceptors (Lipinski definition) is 4. The molecule has 0 bridgehead atoms. The van der Waals surface area contributed by atoms with E-state index in [0.717, 1.165) is 16.4 Å². The van der Waals surface area contributed by atoms with Crippen molar-refractivity contribution in [1.29, 1.82) is 0 Å². The summed E-state index contributed by atoms with van der Waals surface area (Å²) in [7, 11) is -3.96. The second kappa shape index (κ2) is 6.31. The van der Waals surface area contributed by atoms with Crippen molar-refractivity contribution in [1.82, 2.24) is 4.31 Å². The number of aromatic carboxylic acids is 1. The zero-order valence-corrected chi connectivity index (χ0v) is 13.1. The highest BCUT2D eigenvalue weighted by Crippen LogP contribution is 2.26. The lowest BCUT2D eigenvalue weighted by atomic mass is 10.2. The van der Waals surface area contributed by atoms with Gasteiger partial charge in [0.25, 0.3) is 0 Å². The molecule has 0 radical (unpaired) electrons. The Kier molecular flexibility index (Phi) is 4.84. The van der Waals surface area contributed by atoms with Crippen LogP contribution in [0.3, 0.4) is 0 Å². The summed E-state index contributed by atoms with van der Waals surface area (Å²) in [6.45, 7) is 4.88. The van der Waals surface area contributed by atoms with Crippen molar-refractivity contribution in [3.8, 4) is 0 Å². The lowest BCUT2D eigenvalue weighted by Gasteiger charge is -2.38. The second-order valence-electron chi connectivity index (χ2n) is 5.62. The molecule has 8 heteroatoms. The van der Waals surface area contributed by atoms with E-state index in [1.165, 1.54) is 0 Å². The quantitative estimate of drug-likeness (QED) is 0.855. The van der Waals surface area contributed by atoms with Crippen LogP contribution in [0.4, 0.5) is 4.39 Å². The summed E-state index contributed by atoms with van der Waals surface area (Å²) in [6, 6.07) is 2.77. The normalized spacial score (nSPS) is 16.7. The first-order chi connectivity index (χ1) is 10.2. The predicted octanol–water partition coefficient (Wildman–Crippen LogP) is 1.57. The van der Waals surface area contributed by atoms with Gasteiger partial charge in [-0.25, -0.2) is 17.6 Å². The molecule has 0 atom stereocenters. The molecule has 0 saturated carbocycles. The zero-order chi connectivity index (χ0) is 16.5. The first-order valence-electron chi connectivity index (χ1n) is 6.86. The van der Waals surface area contributed by atoms with E-state index in [1.54, 1.807) is 0 Å². The molecule has 1 heterocycles. The Labute approximate surface area is 128 Å². The SMILES string of the molecule is CC(C)COC1CN(S(=O)(=O)c2ccc(C(=O)O)cc2F)C1. The van der Waals surface area contributed by atoms with E-state index in [1.807, 2.05) is 13.8 Å². The monoisotopic (exact) mass is 331 g/mol. The van der Waals surface area contributed by atoms with Crippen molar-refractivity contribution in [2.24, 2.45) is 5.92 Å². The highest BCUT2D eigenvalue weighted by molar-refractivity contribution is 7.89. The van der Waals surface area contributed by atoms with Gasteiger partial charge in [0.1, 0.15) is 10.7 Å². The molecule has 1 aromatic carbocycles. The summed E-state index contributed by atoms with van der Waals surface area (Å²) in [5.41, 5.74) is -0.293. The van der Waals surface area contributed by atoms with Crippen molar-refractivity contribution in [3.05, 3.63) is 29.6 Å². The van der Waals surface area contributed by atoms with E-state index in [0.29, 0.717) is 18.6 Å². The smallest absolute Gasteiger partial charge is 0.335 e. The van der Waals surface area contributed by atoms with Crippen LogP contribution in [0, 0.1) is 11.7 Å². The largest absolute Gasteiger partial charge is 0.478 e. The zero-order valence-electron chi connectivity index (χ0n) is 12.3. The lowest BCUT2D eigenvalue weighted by molar-refractivity contribution is -0.0306. The summed E-state index contributed by atoms with van der Waals surface area (Å²) < 4.78 is 45.1. The topological polar surface area (TPSA) is 83.9 Å². The predicted molar refractivity (Wildman–Crippen MR) is 76.7 cm³/mol. The number of carbonyl (C=O) groups is 1. The average molecular weight is 331 g/mol. The molecule has 1 saturated heterocycles. The fourth-order valence-corrected chi connectivity index (χ4v) is 3.56. The van der Waals surface area contributed by atoms with Gasteiger partial charge in [0, 0.05) is 19.7 Å². The molecule has 0 unspecified atom stereocenters. The van der Waals surface area contributed by atoms with Gasteiger partial charge in [-0.15, -0.1) is 0 Å². The van der Waals surface area contributed by atoms with Crippen LogP contribution in [0.5, 0.6) is 0 Å². The second-order valence-corrected chi connectivity index (χ2v) is 7.53. The van der Waals surface area contributed by atoms with Gasteiger partial charge in [-0.05, 0) is 24.1 Å². The van der Waals surface area contributed by atoms with Crippen molar-refractivity contribution in [3.63, 3.8) is 0 Å². The van der Waals surface area contributed by atoms with Crippen molar-refractivity contribution < 1.29 is 27.4 Å². The third-order valence-corrected chi connectivity index (χ3v) is 5.14. The van der Waals surface area contributed by atoms with Crippen LogP contribution in [0.2, 0.25) is 0 Å². The van der Waals surface area contributed by atoms with Gasteiger partial charge < -0.3 is 9.84 Å². The Balaban J connectivity index is 2.08. The van der Waals surface area contributed by atoms with Crippen LogP contribution >= 0.6 is 0 Å². The fourth-order valence-electron chi connectivity index (χ4n) is 2.01. The van der Waals surface area contributed by atoms with E-state index < -0.39 is 26.7 Å². The molecule has 0 aromatic heterocycles. The van der Waals surface area contributed by atoms with E-state index in [-0.39, 0.29) is 24.8 Å². The number of benzene rings is 1. The maximum atomic E-state index is 13.9. The molecule has 6 nitrogen and oxygen atoms in total. The molecule has 0 aliphatic carbocycles. The van der Waals surface area contributed by atoms with E-state index in [4.69, 9.17) is 9.84 Å². The molecular weight excluding hydrogens is 313 g/mol. The van der Waals surface area contributed by atoms with Gasteiger partial charge in [-0.1, -0.05) is 13.8 Å². The number of halogens is 1. The summed E-state index contributed by atoms with van der Waals surface area (Å²) in [6.07, 6.45) is -0.182. The minimum atomic E-state index is -3.96. The number of nitrogens with zero attached hydrogens (tertiary/aromatic N) is 1. The first kappa shape index (κ1) is 16.9. The van der Waals surface area contributed by atoms with Crippen LogP contribution < -0.4 is 0 Å². The molecule has 122 valence electrons. The number of rotatable bonds is 6. The molecule has 2 rings (SSSR count). The Morgan fingerprint density at radius 3 is 2.59 bits per heavy atom. The van der Waals surface area contributed by atoms with E-state index in [2.05, 4.69) is 0 Å². The third kappa shape index (κ3) is 3.45. The van der Waals surface area contributed by atoms with Crippen LogP contribution in [0.15, 0.2) is 23.1 Å². The Morgan fingerprint density at radius 1 is 1.45 bits per heavy atom. The number of carboxylic acid groups (broad SMARTS) is 1. The molecular formula is C14H18FNO5S. The Hall–Kier alpha value is -1.51. The summed E-state index contributed by atoms with van der Waals surface area (Å²) in [5.74, 6) is -2.02. The van der Waals surface area contributed by atoms with Crippen molar-refractivity contribution in [2.45, 2.75) is 24.8 Å². The van der Waals surface area contributed by atoms with Crippen LogP contribution in [-0.2, 0) is 14.8 Å². The number of sulfonamides is 1. The molecule has 22 heavy (non-hydrogen) atoms. The van der Waals surface area contributed by atoms with E-state index in [9.17, 15) is 17.6 Å². The molecule has 0 spiro atoms. The van der Waals surface area contributed by atoms with Crippen molar-refractivity contribution >= 4 is 16.0 Å². The number of carboxylic acids is 1. The number of hydrogen-bond donors (Lipinski definition) is 1. The summed E-state index contributed by atoms with van der Waals surface area (Å²) in [4.78, 5) is 10.2. The minimum Gasteiger partial charge on any atom is -0.478 e. The van der Waals surface area contributed by atoms with Gasteiger partial charge in [0.2, 0.25) is 10.0 Å². The van der Waals surface area contributed by atoms with Gasteiger partial charge in [0.05, 0.1) is 11.7 Å². The fraction of sp³-hybridized carbons (Fsp3) is 0.500. The van der Waals surface area contributed by atoms with Crippen LogP contribution in [0.1, 0.15) is 24.2 Å². The summed E-state index contributed by atoms with van der Waals surface area (Å²) in [5, 5.41) is 8.76. The van der Waals surface area contributed by atoms with E-state index >= 15 is 0 Å². The van der Waals surface area contributed by atoms with Gasteiger partial charge in [-0.2, -0.15) is 4.31 Å². The van der Waals surface area contributed by atoms with Crippen LogP contribution in [0.25, 0.3) is 0 Å². The molecule has 1 aliphatic heterocycles. The van der Waals surface area contributed by atoms with Gasteiger partial charge in [0.15, 0.2) is 0 Å². The Bertz CT molecular complexity index is 668. The average Bonchev–Trinajstić information content (AvgIpc) is 2.35. The lowest BCUT2D eigenvalue weighted by Crippen LogP contribution is -2.54. The van der Waals surface area contributed by atoms with Crippen molar-refractivity contribution in [2.75, 3.05) is 19.7 Å². The maximum absolute atomic E-state index is 13.9. The first-order valence-corrected chi connectivity index (χ1v) is 8.30. The molecule has 0 amide bonds. The standard InChI is InChI=1S/C14H18FNO5S/c1-9(2)8-21-11-6-16(7-11)22(19,20)13-4-3-10(14(17)18)5-12(13)15/h3-5,9,11H,6-8H2,1-2H3,(H,17,18). The Morgan fingerprint density at radius 2 is 2.09 bits per heavy atom. The molecule has 1 fully saturated rings. The summed E-state index contributed by atoms with van der Waals surface area (Å²) >= 11 is 0. The number of ether oxygens (including phenoxy) is 1. The molecule has 1 aromatic rings. The highest BCUT2D eigenvalue weighted by Gasteiger charge is 2.38. The highest BCUT2D eigenvalue weighted by atomic mass is 32.2. The van der Waals surface area contributed by atoms with Gasteiger partial charge in [-0.3, -0.25) is 0 Å². The maximum Gasteiger partial charge on any atom is 0.335 e. The van der Waals surface area contributed by atoms with Crippen LogP contribution in [-0.4, -0.2) is 49.6 Å². The minimum absolute atomic E-state index is 0.176. The molecule has 1 N–H and O–H groups in total.